The van der Waals surface area contributed by atoms with Gasteiger partial charge in [0.1, 0.15) is 0 Å². The topological polar surface area (TPSA) is 68.2 Å². The summed E-state index contributed by atoms with van der Waals surface area (Å²) in [6.07, 6.45) is 7.68. The molecule has 2 rings (SSSR count). The van der Waals surface area contributed by atoms with Crippen LogP contribution in [0.2, 0.25) is 0 Å². The first kappa shape index (κ1) is 13.9. The first-order valence-electron chi connectivity index (χ1n) is 6.88. The van der Waals surface area contributed by atoms with E-state index in [-0.39, 0.29) is 6.03 Å². The van der Waals surface area contributed by atoms with Crippen molar-refractivity contribution in [2.75, 3.05) is 19.0 Å². The second-order valence-corrected chi connectivity index (χ2v) is 4.89. The molecule has 0 aliphatic heterocycles. The molecule has 0 bridgehead atoms. The molecular formula is C13H22N4O2. The quantitative estimate of drug-likeness (QED) is 0.856. The predicted molar refractivity (Wildman–Crippen MR) is 73.1 cm³/mol. The van der Waals surface area contributed by atoms with Crippen LogP contribution in [-0.2, 0) is 11.3 Å². The molecule has 2 N–H and O–H groups in total. The number of urea groups is 1. The van der Waals surface area contributed by atoms with Gasteiger partial charge in [-0.15, -0.1) is 0 Å². The molecule has 1 aliphatic carbocycles. The fraction of sp³-hybridized carbons (Fsp3) is 0.692. The van der Waals surface area contributed by atoms with Crippen molar-refractivity contribution in [3.8, 4) is 0 Å². The molecular weight excluding hydrogens is 244 g/mol. The highest BCUT2D eigenvalue weighted by Gasteiger charge is 2.15. The highest BCUT2D eigenvalue weighted by atomic mass is 16.5. The normalized spacial score (nSPS) is 16.3. The highest BCUT2D eigenvalue weighted by molar-refractivity contribution is 5.88. The van der Waals surface area contributed by atoms with E-state index >= 15 is 0 Å². The van der Waals surface area contributed by atoms with Gasteiger partial charge in [0.2, 0.25) is 0 Å². The van der Waals surface area contributed by atoms with Gasteiger partial charge in [0.15, 0.2) is 5.82 Å². The Labute approximate surface area is 113 Å². The van der Waals surface area contributed by atoms with E-state index in [1.165, 1.54) is 19.3 Å². The smallest absolute Gasteiger partial charge is 0.320 e. The second kappa shape index (κ2) is 7.13. The zero-order valence-corrected chi connectivity index (χ0v) is 11.4. The minimum atomic E-state index is -0.163. The van der Waals surface area contributed by atoms with Crippen molar-refractivity contribution in [3.63, 3.8) is 0 Å². The van der Waals surface area contributed by atoms with Gasteiger partial charge in [-0.3, -0.25) is 10.00 Å². The lowest BCUT2D eigenvalue weighted by molar-refractivity contribution is 0.183. The van der Waals surface area contributed by atoms with Crippen molar-refractivity contribution in [3.05, 3.63) is 12.3 Å². The van der Waals surface area contributed by atoms with Gasteiger partial charge in [0.25, 0.3) is 0 Å². The molecule has 106 valence electrons. The average Bonchev–Trinajstić information content (AvgIpc) is 2.85. The number of carbonyl (C=O) groups is 1. The summed E-state index contributed by atoms with van der Waals surface area (Å²) in [5.74, 6) is 0.574. The fourth-order valence-electron chi connectivity index (χ4n) is 2.32. The largest absolute Gasteiger partial charge is 0.383 e. The third-order valence-electron chi connectivity index (χ3n) is 3.35. The van der Waals surface area contributed by atoms with E-state index < -0.39 is 0 Å². The van der Waals surface area contributed by atoms with Crippen LogP contribution in [0.15, 0.2) is 12.3 Å². The van der Waals surface area contributed by atoms with Crippen molar-refractivity contribution < 1.29 is 9.53 Å². The third-order valence-corrected chi connectivity index (χ3v) is 3.35. The number of rotatable bonds is 5. The van der Waals surface area contributed by atoms with Crippen LogP contribution in [0.4, 0.5) is 10.6 Å². The zero-order valence-electron chi connectivity index (χ0n) is 11.4. The van der Waals surface area contributed by atoms with Gasteiger partial charge in [-0.2, -0.15) is 5.10 Å². The predicted octanol–water partition coefficient (Wildman–Crippen LogP) is 1.98. The Morgan fingerprint density at radius 3 is 3.00 bits per heavy atom. The van der Waals surface area contributed by atoms with Crippen LogP contribution >= 0.6 is 0 Å². The number of carbonyl (C=O) groups excluding carboxylic acids is 1. The Hall–Kier alpha value is -1.56. The lowest BCUT2D eigenvalue weighted by Gasteiger charge is -2.22. The molecule has 0 atom stereocenters. The maximum atomic E-state index is 11.8. The molecule has 0 spiro atoms. The van der Waals surface area contributed by atoms with Gasteiger partial charge in [-0.25, -0.2) is 4.79 Å². The van der Waals surface area contributed by atoms with Gasteiger partial charge >= 0.3 is 6.03 Å². The van der Waals surface area contributed by atoms with Gasteiger partial charge in [0, 0.05) is 25.4 Å². The summed E-state index contributed by atoms with van der Waals surface area (Å²) in [6, 6.07) is 1.93. The van der Waals surface area contributed by atoms with E-state index in [1.807, 2.05) is 6.20 Å². The molecule has 0 unspecified atom stereocenters. The summed E-state index contributed by atoms with van der Waals surface area (Å²) in [6.45, 7) is 1.29. The number of amides is 2. The van der Waals surface area contributed by atoms with E-state index in [4.69, 9.17) is 4.74 Å². The summed E-state index contributed by atoms with van der Waals surface area (Å²) >= 11 is 0. The number of ether oxygens (including phenoxy) is 1. The van der Waals surface area contributed by atoms with Gasteiger partial charge in [-0.05, 0) is 12.8 Å². The number of anilines is 1. The summed E-state index contributed by atoms with van der Waals surface area (Å²) < 4.78 is 6.73. The molecule has 0 radical (unpaired) electrons. The summed E-state index contributed by atoms with van der Waals surface area (Å²) in [7, 11) is 1.65. The Kier molecular flexibility index (Phi) is 5.20. The number of nitrogens with one attached hydrogen (secondary N) is 2. The molecule has 6 heteroatoms. The van der Waals surface area contributed by atoms with Crippen LogP contribution in [0, 0.1) is 0 Å². The summed E-state index contributed by atoms with van der Waals surface area (Å²) in [5.41, 5.74) is 0. The Balaban J connectivity index is 1.76. The van der Waals surface area contributed by atoms with Gasteiger partial charge < -0.3 is 10.1 Å². The van der Waals surface area contributed by atoms with E-state index in [0.717, 1.165) is 12.8 Å². The van der Waals surface area contributed by atoms with Crippen molar-refractivity contribution in [1.82, 2.24) is 15.1 Å². The lowest BCUT2D eigenvalue weighted by atomic mass is 9.96. The number of nitrogens with zero attached hydrogens (tertiary/aromatic N) is 2. The van der Waals surface area contributed by atoms with E-state index in [0.29, 0.717) is 25.0 Å². The van der Waals surface area contributed by atoms with Crippen LogP contribution in [0.5, 0.6) is 0 Å². The van der Waals surface area contributed by atoms with Crippen LogP contribution in [0.25, 0.3) is 0 Å². The molecule has 6 nitrogen and oxygen atoms in total. The maximum Gasteiger partial charge on any atom is 0.320 e. The summed E-state index contributed by atoms with van der Waals surface area (Å²) in [5, 5.41) is 10.0. The molecule has 1 heterocycles. The minimum Gasteiger partial charge on any atom is -0.383 e. The third kappa shape index (κ3) is 4.55. The van der Waals surface area contributed by atoms with Crippen molar-refractivity contribution in [2.24, 2.45) is 0 Å². The maximum absolute atomic E-state index is 11.8. The fourth-order valence-corrected chi connectivity index (χ4v) is 2.32. The molecule has 0 saturated heterocycles. The molecule has 1 aromatic rings. The first-order chi connectivity index (χ1) is 9.28. The standard InChI is InChI=1S/C13H22N4O2/c1-19-10-9-17-8-7-12(16-17)15-13(18)14-11-5-3-2-4-6-11/h7-8,11H,2-6,9-10H2,1H3,(H2,14,15,16,18). The molecule has 1 aliphatic rings. The van der Waals surface area contributed by atoms with Crippen LogP contribution in [-0.4, -0.2) is 35.6 Å². The molecule has 1 fully saturated rings. The van der Waals surface area contributed by atoms with Gasteiger partial charge in [-0.1, -0.05) is 19.3 Å². The van der Waals surface area contributed by atoms with Crippen molar-refractivity contribution in [2.45, 2.75) is 44.7 Å². The Morgan fingerprint density at radius 2 is 2.26 bits per heavy atom. The molecule has 0 aromatic carbocycles. The minimum absolute atomic E-state index is 0.163. The molecule has 1 aromatic heterocycles. The number of methoxy groups -OCH3 is 1. The zero-order chi connectivity index (χ0) is 13.5. The SMILES string of the molecule is COCCn1ccc(NC(=O)NC2CCCCC2)n1. The van der Waals surface area contributed by atoms with E-state index in [1.54, 1.807) is 17.9 Å². The second-order valence-electron chi connectivity index (χ2n) is 4.89. The van der Waals surface area contributed by atoms with Crippen LogP contribution < -0.4 is 10.6 Å². The van der Waals surface area contributed by atoms with Gasteiger partial charge in [0.05, 0.1) is 13.2 Å². The molecule has 2 amide bonds. The average molecular weight is 266 g/mol. The Morgan fingerprint density at radius 1 is 1.47 bits per heavy atom. The van der Waals surface area contributed by atoms with E-state index in [9.17, 15) is 4.79 Å². The van der Waals surface area contributed by atoms with E-state index in [2.05, 4.69) is 15.7 Å². The van der Waals surface area contributed by atoms with Crippen LogP contribution in [0.1, 0.15) is 32.1 Å². The number of aromatic nitrogens is 2. The lowest BCUT2D eigenvalue weighted by Crippen LogP contribution is -2.39. The molecule has 19 heavy (non-hydrogen) atoms. The van der Waals surface area contributed by atoms with Crippen molar-refractivity contribution >= 4 is 11.8 Å². The van der Waals surface area contributed by atoms with Crippen LogP contribution in [0.3, 0.4) is 0 Å². The monoisotopic (exact) mass is 266 g/mol. The van der Waals surface area contributed by atoms with Crippen molar-refractivity contribution in [1.29, 1.82) is 0 Å². The highest BCUT2D eigenvalue weighted by Crippen LogP contribution is 2.17. The number of hydrogen-bond acceptors (Lipinski definition) is 3. The summed E-state index contributed by atoms with van der Waals surface area (Å²) in [4.78, 5) is 11.8. The molecule has 1 saturated carbocycles. The first-order valence-corrected chi connectivity index (χ1v) is 6.88. The Bertz CT molecular complexity index is 399. The number of hydrogen-bond donors (Lipinski definition) is 2.